The van der Waals surface area contributed by atoms with E-state index >= 15 is 0 Å². The van der Waals surface area contributed by atoms with Gasteiger partial charge in [-0.3, -0.25) is 9.78 Å². The first kappa shape index (κ1) is 20.0. The fourth-order valence-electron chi connectivity index (χ4n) is 4.04. The Hall–Kier alpha value is -3.28. The van der Waals surface area contributed by atoms with Gasteiger partial charge in [-0.15, -0.1) is 0 Å². The van der Waals surface area contributed by atoms with Crippen molar-refractivity contribution in [3.63, 3.8) is 0 Å². The Morgan fingerprint density at radius 2 is 1.87 bits per heavy atom. The number of aryl methyl sites for hydroxylation is 1. The monoisotopic (exact) mass is 401 g/mol. The smallest absolute Gasteiger partial charge is 0.254 e. The molecule has 1 aliphatic rings. The van der Waals surface area contributed by atoms with Gasteiger partial charge in [0.1, 0.15) is 0 Å². The Morgan fingerprint density at radius 3 is 2.60 bits per heavy atom. The molecule has 0 unspecified atom stereocenters. The van der Waals surface area contributed by atoms with Crippen LogP contribution in [0.1, 0.15) is 46.9 Å². The van der Waals surface area contributed by atoms with Gasteiger partial charge in [-0.05, 0) is 55.5 Å². The first-order valence-electron chi connectivity index (χ1n) is 10.4. The van der Waals surface area contributed by atoms with E-state index < -0.39 is 0 Å². The number of rotatable bonds is 4. The van der Waals surface area contributed by atoms with Gasteiger partial charge >= 0.3 is 0 Å². The molecular weight excluding hydrogens is 374 g/mol. The molecule has 1 saturated heterocycles. The number of nitrogens with zero attached hydrogens (tertiary/aromatic N) is 5. The first-order valence-corrected chi connectivity index (χ1v) is 10.4. The maximum atomic E-state index is 13.4. The molecule has 0 spiro atoms. The molecule has 1 amide bonds. The van der Waals surface area contributed by atoms with E-state index in [9.17, 15) is 4.79 Å². The predicted molar refractivity (Wildman–Crippen MR) is 118 cm³/mol. The molecule has 1 fully saturated rings. The quantitative estimate of drug-likeness (QED) is 0.653. The van der Waals surface area contributed by atoms with Gasteiger partial charge in [0.05, 0.1) is 11.7 Å². The van der Waals surface area contributed by atoms with Gasteiger partial charge in [-0.25, -0.2) is 9.97 Å². The van der Waals surface area contributed by atoms with Crippen molar-refractivity contribution in [2.24, 2.45) is 0 Å². The molecule has 0 N–H and O–H groups in total. The molecule has 30 heavy (non-hydrogen) atoms. The zero-order chi connectivity index (χ0) is 21.1. The third-order valence-corrected chi connectivity index (χ3v) is 5.62. The minimum Gasteiger partial charge on any atom is -0.347 e. The van der Waals surface area contributed by atoms with Crippen molar-refractivity contribution in [3.05, 3.63) is 71.8 Å². The Labute approximate surface area is 177 Å². The van der Waals surface area contributed by atoms with Crippen LogP contribution in [0.4, 0.5) is 5.95 Å². The van der Waals surface area contributed by atoms with Crippen molar-refractivity contribution < 1.29 is 4.79 Å². The van der Waals surface area contributed by atoms with Crippen LogP contribution in [0.5, 0.6) is 0 Å². The zero-order valence-electron chi connectivity index (χ0n) is 17.7. The highest BCUT2D eigenvalue weighted by Crippen LogP contribution is 2.37. The maximum absolute atomic E-state index is 13.4. The lowest BCUT2D eigenvalue weighted by Gasteiger charge is -2.36. The van der Waals surface area contributed by atoms with Crippen molar-refractivity contribution in [3.8, 4) is 11.1 Å². The number of pyridine rings is 1. The van der Waals surface area contributed by atoms with Crippen LogP contribution in [0.3, 0.4) is 0 Å². The van der Waals surface area contributed by atoms with Crippen molar-refractivity contribution in [2.75, 3.05) is 25.5 Å². The summed E-state index contributed by atoms with van der Waals surface area (Å²) in [6.45, 7) is 2.77. The summed E-state index contributed by atoms with van der Waals surface area (Å²) < 4.78 is 0. The van der Waals surface area contributed by atoms with Gasteiger partial charge in [0.2, 0.25) is 5.95 Å². The third-order valence-electron chi connectivity index (χ3n) is 5.62. The number of amides is 1. The van der Waals surface area contributed by atoms with Crippen LogP contribution < -0.4 is 4.90 Å². The Bertz CT molecular complexity index is 1030. The fourth-order valence-corrected chi connectivity index (χ4v) is 4.04. The summed E-state index contributed by atoms with van der Waals surface area (Å²) in [7, 11) is 3.87. The average Bonchev–Trinajstić information content (AvgIpc) is 2.79. The van der Waals surface area contributed by atoms with Crippen molar-refractivity contribution >= 4 is 11.9 Å². The van der Waals surface area contributed by atoms with Crippen molar-refractivity contribution in [2.45, 2.75) is 32.2 Å². The minimum absolute atomic E-state index is 0.0581. The Morgan fingerprint density at radius 1 is 1.07 bits per heavy atom. The second kappa shape index (κ2) is 8.61. The van der Waals surface area contributed by atoms with E-state index in [4.69, 9.17) is 4.98 Å². The molecule has 154 valence electrons. The highest BCUT2D eigenvalue weighted by molar-refractivity contribution is 5.94. The minimum atomic E-state index is -0.0873. The summed E-state index contributed by atoms with van der Waals surface area (Å²) in [4.78, 5) is 31.0. The largest absolute Gasteiger partial charge is 0.347 e. The van der Waals surface area contributed by atoms with Gasteiger partial charge in [0.25, 0.3) is 5.91 Å². The number of hydrogen-bond acceptors (Lipinski definition) is 5. The summed E-state index contributed by atoms with van der Waals surface area (Å²) in [6, 6.07) is 11.4. The van der Waals surface area contributed by atoms with Crippen molar-refractivity contribution in [1.82, 2.24) is 19.9 Å². The summed E-state index contributed by atoms with van der Waals surface area (Å²) in [5.41, 5.74) is 4.72. The third kappa shape index (κ3) is 3.90. The molecular formula is C24H27N5O. The SMILES string of the molecule is Cc1cnccc1-c1cnc(N(C)C)nc1[C@@H]1CCCCN1C(=O)c1ccccc1. The first-order chi connectivity index (χ1) is 14.6. The Kier molecular flexibility index (Phi) is 5.74. The summed E-state index contributed by atoms with van der Waals surface area (Å²) in [6.07, 6.45) is 8.50. The molecule has 0 saturated carbocycles. The number of carbonyl (C=O) groups is 1. The van der Waals surface area contributed by atoms with E-state index in [1.807, 2.05) is 79.6 Å². The molecule has 4 rings (SSSR count). The molecule has 1 aliphatic heterocycles. The van der Waals surface area contributed by atoms with Crippen molar-refractivity contribution in [1.29, 1.82) is 0 Å². The highest BCUT2D eigenvalue weighted by atomic mass is 16.2. The summed E-state index contributed by atoms with van der Waals surface area (Å²) in [5.74, 6) is 0.709. The van der Waals surface area contributed by atoms with Crippen LogP contribution in [-0.4, -0.2) is 46.4 Å². The van der Waals surface area contributed by atoms with E-state index in [-0.39, 0.29) is 11.9 Å². The Balaban J connectivity index is 1.82. The standard InChI is InChI=1S/C24H27N5O/c1-17-15-25-13-12-19(17)20-16-26-24(28(2)3)27-22(20)21-11-7-8-14-29(21)23(30)18-9-5-4-6-10-18/h4-6,9-10,12-13,15-16,21H,7-8,11,14H2,1-3H3/t21-/m0/s1. The van der Waals surface area contributed by atoms with Crippen LogP contribution in [0.15, 0.2) is 55.0 Å². The molecule has 3 aromatic rings. The van der Waals surface area contributed by atoms with Crippen LogP contribution in [0.25, 0.3) is 11.1 Å². The molecule has 6 nitrogen and oxygen atoms in total. The van der Waals surface area contributed by atoms with Gasteiger partial charge in [0, 0.05) is 50.4 Å². The van der Waals surface area contributed by atoms with Gasteiger partial charge in [-0.2, -0.15) is 0 Å². The molecule has 0 aliphatic carbocycles. The second-order valence-electron chi connectivity index (χ2n) is 7.93. The molecule has 1 aromatic carbocycles. The lowest BCUT2D eigenvalue weighted by Crippen LogP contribution is -2.39. The lowest BCUT2D eigenvalue weighted by molar-refractivity contribution is 0.0607. The summed E-state index contributed by atoms with van der Waals surface area (Å²) >= 11 is 0. The highest BCUT2D eigenvalue weighted by Gasteiger charge is 2.32. The van der Waals surface area contributed by atoms with E-state index in [1.165, 1.54) is 0 Å². The number of benzene rings is 1. The topological polar surface area (TPSA) is 62.2 Å². The fraction of sp³-hybridized carbons (Fsp3) is 0.333. The van der Waals surface area contributed by atoms with Crippen LogP contribution >= 0.6 is 0 Å². The normalized spacial score (nSPS) is 16.4. The zero-order valence-corrected chi connectivity index (χ0v) is 17.7. The van der Waals surface area contributed by atoms with E-state index in [1.54, 1.807) is 6.20 Å². The maximum Gasteiger partial charge on any atom is 0.254 e. The number of hydrogen-bond donors (Lipinski definition) is 0. The van der Waals surface area contributed by atoms with E-state index in [2.05, 4.69) is 9.97 Å². The lowest BCUT2D eigenvalue weighted by atomic mass is 9.92. The molecule has 3 heterocycles. The molecule has 6 heteroatoms. The van der Waals surface area contributed by atoms with E-state index in [0.29, 0.717) is 11.5 Å². The molecule has 2 aromatic heterocycles. The number of piperidine rings is 1. The van der Waals surface area contributed by atoms with E-state index in [0.717, 1.165) is 48.2 Å². The van der Waals surface area contributed by atoms with Gasteiger partial charge in [-0.1, -0.05) is 18.2 Å². The van der Waals surface area contributed by atoms with Crippen LogP contribution in [0.2, 0.25) is 0 Å². The number of likely N-dealkylation sites (tertiary alicyclic amines) is 1. The second-order valence-corrected chi connectivity index (χ2v) is 7.93. The molecule has 0 radical (unpaired) electrons. The molecule has 0 bridgehead atoms. The number of carbonyl (C=O) groups excluding carboxylic acids is 1. The summed E-state index contributed by atoms with van der Waals surface area (Å²) in [5, 5.41) is 0. The number of aromatic nitrogens is 3. The average molecular weight is 402 g/mol. The van der Waals surface area contributed by atoms with Crippen LogP contribution in [0, 0.1) is 6.92 Å². The number of anilines is 1. The predicted octanol–water partition coefficient (Wildman–Crippen LogP) is 4.28. The van der Waals surface area contributed by atoms with Crippen LogP contribution in [-0.2, 0) is 0 Å². The molecule has 1 atom stereocenters. The van der Waals surface area contributed by atoms with Gasteiger partial charge < -0.3 is 9.80 Å². The van der Waals surface area contributed by atoms with Gasteiger partial charge in [0.15, 0.2) is 0 Å².